The molecule has 2 heterocycles. The van der Waals surface area contributed by atoms with E-state index in [0.29, 0.717) is 22.3 Å². The summed E-state index contributed by atoms with van der Waals surface area (Å²) in [7, 11) is 0. The van der Waals surface area contributed by atoms with Crippen LogP contribution in [0.15, 0.2) is 23.0 Å². The Bertz CT molecular complexity index is 700. The number of hydrogen-bond acceptors (Lipinski definition) is 3. The number of benzene rings is 1. The monoisotopic (exact) mass is 312 g/mol. The van der Waals surface area contributed by atoms with Gasteiger partial charge in [-0.1, -0.05) is 29.3 Å². The average Bonchev–Trinajstić information content (AvgIpc) is 2.82. The van der Waals surface area contributed by atoms with Crippen LogP contribution in [0.4, 0.5) is 0 Å². The van der Waals surface area contributed by atoms with Gasteiger partial charge in [-0.3, -0.25) is 4.79 Å². The van der Waals surface area contributed by atoms with Gasteiger partial charge in [0.25, 0.3) is 5.56 Å². The van der Waals surface area contributed by atoms with Crippen LogP contribution in [0.1, 0.15) is 22.6 Å². The minimum absolute atomic E-state index is 0.0231. The highest BCUT2D eigenvalue weighted by Gasteiger charge is 2.17. The maximum absolute atomic E-state index is 11.9. The van der Waals surface area contributed by atoms with Crippen molar-refractivity contribution < 1.29 is 0 Å². The van der Waals surface area contributed by atoms with Gasteiger partial charge in [0.1, 0.15) is 5.82 Å². The lowest BCUT2D eigenvalue weighted by molar-refractivity contribution is 0.903. The second kappa shape index (κ2) is 5.19. The number of H-pyrrole nitrogens is 1. The van der Waals surface area contributed by atoms with Gasteiger partial charge in [-0.05, 0) is 17.7 Å². The molecule has 2 aromatic rings. The zero-order valence-electron chi connectivity index (χ0n) is 9.87. The third-order valence-corrected chi connectivity index (χ3v) is 4.70. The summed E-state index contributed by atoms with van der Waals surface area (Å²) in [6.45, 7) is 0. The molecule has 0 unspecified atom stereocenters. The molecule has 0 bridgehead atoms. The van der Waals surface area contributed by atoms with Crippen molar-refractivity contribution in [2.75, 3.05) is 0 Å². The van der Waals surface area contributed by atoms with Gasteiger partial charge in [0.2, 0.25) is 0 Å². The van der Waals surface area contributed by atoms with E-state index in [1.54, 1.807) is 23.9 Å². The van der Waals surface area contributed by atoms with Crippen LogP contribution in [0.2, 0.25) is 10.0 Å². The van der Waals surface area contributed by atoms with Crippen molar-refractivity contribution in [2.24, 2.45) is 0 Å². The molecule has 1 aliphatic rings. The fourth-order valence-electron chi connectivity index (χ4n) is 2.04. The number of fused-ring (bicyclic) bond motifs is 1. The Morgan fingerprint density at radius 2 is 2.11 bits per heavy atom. The number of rotatable bonds is 2. The lowest BCUT2D eigenvalue weighted by Gasteiger charge is -2.05. The lowest BCUT2D eigenvalue weighted by atomic mass is 10.1. The molecule has 3 rings (SSSR count). The minimum Gasteiger partial charge on any atom is -0.310 e. The summed E-state index contributed by atoms with van der Waals surface area (Å²) >= 11 is 13.6. The third-order valence-electron chi connectivity index (χ3n) is 2.99. The number of hydrogen-bond donors (Lipinski definition) is 1. The van der Waals surface area contributed by atoms with Gasteiger partial charge in [-0.25, -0.2) is 4.98 Å². The lowest BCUT2D eigenvalue weighted by Crippen LogP contribution is -2.17. The first-order valence-electron chi connectivity index (χ1n) is 5.76. The molecule has 0 saturated heterocycles. The number of aromatic amines is 1. The fourth-order valence-corrected chi connectivity index (χ4v) is 3.40. The van der Waals surface area contributed by atoms with Crippen molar-refractivity contribution in [2.45, 2.75) is 17.9 Å². The maximum Gasteiger partial charge on any atom is 0.255 e. The van der Waals surface area contributed by atoms with E-state index in [-0.39, 0.29) is 5.56 Å². The van der Waals surface area contributed by atoms with Crippen LogP contribution in [0.5, 0.6) is 0 Å². The van der Waals surface area contributed by atoms with Crippen LogP contribution in [-0.2, 0) is 17.9 Å². The summed E-state index contributed by atoms with van der Waals surface area (Å²) in [4.78, 5) is 19.2. The van der Waals surface area contributed by atoms with Gasteiger partial charge in [0.05, 0.1) is 15.7 Å². The molecule has 0 spiro atoms. The van der Waals surface area contributed by atoms with Crippen LogP contribution >= 0.6 is 35.0 Å². The molecule has 0 aliphatic carbocycles. The number of thioether (sulfide) groups is 1. The van der Waals surface area contributed by atoms with Crippen molar-refractivity contribution in [3.63, 3.8) is 0 Å². The van der Waals surface area contributed by atoms with E-state index in [4.69, 9.17) is 23.2 Å². The number of aromatic nitrogens is 2. The van der Waals surface area contributed by atoms with Crippen molar-refractivity contribution in [3.05, 3.63) is 61.2 Å². The topological polar surface area (TPSA) is 45.8 Å². The quantitative estimate of drug-likeness (QED) is 0.924. The van der Waals surface area contributed by atoms with Gasteiger partial charge in [0.15, 0.2) is 0 Å². The SMILES string of the molecule is O=c1[nH]c(Cc2ccc(Cl)c(Cl)c2)nc2c1CSC2. The molecule has 0 amide bonds. The van der Waals surface area contributed by atoms with Crippen LogP contribution in [0.3, 0.4) is 0 Å². The first-order chi connectivity index (χ1) is 9.13. The van der Waals surface area contributed by atoms with Gasteiger partial charge in [-0.2, -0.15) is 11.8 Å². The Balaban J connectivity index is 1.93. The molecule has 98 valence electrons. The number of halogens is 2. The standard InChI is InChI=1S/C13H10Cl2N2OS/c14-9-2-1-7(3-10(9)15)4-12-16-11-6-19-5-8(11)13(18)17-12/h1-3H,4-6H2,(H,16,17,18). The van der Waals surface area contributed by atoms with Crippen LogP contribution < -0.4 is 5.56 Å². The molecule has 0 atom stereocenters. The second-order valence-corrected chi connectivity index (χ2v) is 6.16. The maximum atomic E-state index is 11.9. The van der Waals surface area contributed by atoms with E-state index < -0.39 is 0 Å². The normalized spacial score (nSPS) is 13.6. The van der Waals surface area contributed by atoms with E-state index in [9.17, 15) is 4.79 Å². The predicted octanol–water partition coefficient (Wildman–Crippen LogP) is 3.41. The number of nitrogens with zero attached hydrogens (tertiary/aromatic N) is 1. The van der Waals surface area contributed by atoms with Crippen molar-refractivity contribution in [1.82, 2.24) is 9.97 Å². The molecule has 1 N–H and O–H groups in total. The highest BCUT2D eigenvalue weighted by Crippen LogP contribution is 2.26. The Morgan fingerprint density at radius 3 is 2.89 bits per heavy atom. The molecule has 0 radical (unpaired) electrons. The molecule has 3 nitrogen and oxygen atoms in total. The average molecular weight is 313 g/mol. The summed E-state index contributed by atoms with van der Waals surface area (Å²) in [6, 6.07) is 5.43. The zero-order chi connectivity index (χ0) is 13.4. The van der Waals surface area contributed by atoms with Gasteiger partial charge >= 0.3 is 0 Å². The third kappa shape index (κ3) is 2.66. The first-order valence-corrected chi connectivity index (χ1v) is 7.67. The molecule has 0 saturated carbocycles. The molecule has 1 aromatic carbocycles. The molecule has 6 heteroatoms. The molecular formula is C13H10Cl2N2OS. The minimum atomic E-state index is -0.0231. The van der Waals surface area contributed by atoms with E-state index >= 15 is 0 Å². The molecule has 19 heavy (non-hydrogen) atoms. The van der Waals surface area contributed by atoms with Gasteiger partial charge in [0, 0.05) is 23.5 Å². The van der Waals surface area contributed by atoms with Crippen molar-refractivity contribution in [3.8, 4) is 0 Å². The Hall–Kier alpha value is -0.970. The Labute approximate surface area is 124 Å². The van der Waals surface area contributed by atoms with E-state index in [1.165, 1.54) is 0 Å². The Kier molecular flexibility index (Phi) is 3.56. The molecule has 1 aliphatic heterocycles. The predicted molar refractivity (Wildman–Crippen MR) is 79.1 cm³/mol. The van der Waals surface area contributed by atoms with Crippen LogP contribution in [0.25, 0.3) is 0 Å². The summed E-state index contributed by atoms with van der Waals surface area (Å²) in [5.74, 6) is 2.24. The largest absolute Gasteiger partial charge is 0.310 e. The van der Waals surface area contributed by atoms with Crippen molar-refractivity contribution >= 4 is 35.0 Å². The van der Waals surface area contributed by atoms with Crippen LogP contribution in [-0.4, -0.2) is 9.97 Å². The summed E-state index contributed by atoms with van der Waals surface area (Å²) < 4.78 is 0. The number of nitrogens with one attached hydrogen (secondary N) is 1. The smallest absolute Gasteiger partial charge is 0.255 e. The van der Waals surface area contributed by atoms with Gasteiger partial charge in [-0.15, -0.1) is 0 Å². The van der Waals surface area contributed by atoms with Gasteiger partial charge < -0.3 is 4.98 Å². The van der Waals surface area contributed by atoms with Crippen LogP contribution in [0, 0.1) is 0 Å². The Morgan fingerprint density at radius 1 is 1.26 bits per heavy atom. The van der Waals surface area contributed by atoms with E-state index in [1.807, 2.05) is 6.07 Å². The second-order valence-electron chi connectivity index (χ2n) is 4.36. The van der Waals surface area contributed by atoms with Crippen molar-refractivity contribution in [1.29, 1.82) is 0 Å². The molecule has 1 aromatic heterocycles. The summed E-state index contributed by atoms with van der Waals surface area (Å²) in [5.41, 5.74) is 2.67. The fraction of sp³-hybridized carbons (Fsp3) is 0.231. The zero-order valence-corrected chi connectivity index (χ0v) is 12.2. The summed E-state index contributed by atoms with van der Waals surface area (Å²) in [5, 5.41) is 1.04. The van der Waals surface area contributed by atoms with E-state index in [0.717, 1.165) is 28.3 Å². The highest BCUT2D eigenvalue weighted by atomic mass is 35.5. The molecular weight excluding hydrogens is 303 g/mol. The summed E-state index contributed by atoms with van der Waals surface area (Å²) in [6.07, 6.45) is 0.546. The first kappa shape index (κ1) is 13.0. The highest BCUT2D eigenvalue weighted by molar-refractivity contribution is 7.98. The van der Waals surface area contributed by atoms with E-state index in [2.05, 4.69) is 9.97 Å². The molecule has 0 fully saturated rings.